The van der Waals surface area contributed by atoms with Crippen molar-refractivity contribution in [3.05, 3.63) is 42.0 Å². The Hall–Kier alpha value is -1.72. The molecule has 1 aromatic carbocycles. The lowest BCUT2D eigenvalue weighted by Gasteiger charge is -2.14. The Labute approximate surface area is 135 Å². The number of unbranched alkanes of at least 4 members (excludes halogenated alkanes) is 5. The molecule has 1 rings (SSSR count). The number of hydrogen-bond donors (Lipinski definition) is 1. The van der Waals surface area contributed by atoms with E-state index >= 15 is 0 Å². The molecule has 0 spiro atoms. The van der Waals surface area contributed by atoms with E-state index in [0.29, 0.717) is 6.42 Å². The van der Waals surface area contributed by atoms with Gasteiger partial charge in [-0.25, -0.2) is 0 Å². The quantitative estimate of drug-likeness (QED) is 0.402. The molecular formula is C20H28O2. The van der Waals surface area contributed by atoms with Crippen LogP contribution in [0.3, 0.4) is 0 Å². The van der Waals surface area contributed by atoms with Crippen LogP contribution in [0.4, 0.5) is 0 Å². The van der Waals surface area contributed by atoms with Gasteiger partial charge in [0, 0.05) is 12.0 Å². The monoisotopic (exact) mass is 300 g/mol. The Morgan fingerprint density at radius 1 is 1.27 bits per heavy atom. The fourth-order valence-electron chi connectivity index (χ4n) is 2.46. The van der Waals surface area contributed by atoms with Gasteiger partial charge in [-0.15, -0.1) is 12.5 Å². The van der Waals surface area contributed by atoms with Crippen molar-refractivity contribution in [3.8, 4) is 17.6 Å². The van der Waals surface area contributed by atoms with E-state index in [1.54, 1.807) is 7.11 Å². The lowest BCUT2D eigenvalue weighted by atomic mass is 9.98. The van der Waals surface area contributed by atoms with E-state index in [0.717, 1.165) is 29.7 Å². The van der Waals surface area contributed by atoms with Crippen molar-refractivity contribution in [1.82, 2.24) is 0 Å². The molecule has 0 aliphatic carbocycles. The maximum atomic E-state index is 10.3. The second-order valence-electron chi connectivity index (χ2n) is 5.41. The third kappa shape index (κ3) is 5.95. The molecule has 1 N–H and O–H groups in total. The summed E-state index contributed by atoms with van der Waals surface area (Å²) in [6.07, 6.45) is 8.72. The number of allylic oxidation sites excluding steroid dienone is 1. The normalized spacial score (nSPS) is 11.4. The molecule has 0 radical (unpaired) electrons. The number of aliphatic hydroxyl groups is 1. The standard InChI is InChI=1S/C20H28O2/c1-4-6-7-8-9-10-11-15-19(21)17-14-12-16-20(22-3)18(17)13-5-2/h5,12,14,16,19,21H,2,4,6-10,13H2,1,3H3. The Morgan fingerprint density at radius 3 is 2.73 bits per heavy atom. The lowest BCUT2D eigenvalue weighted by molar-refractivity contribution is 0.236. The highest BCUT2D eigenvalue weighted by molar-refractivity contribution is 5.44. The highest BCUT2D eigenvalue weighted by Crippen LogP contribution is 2.27. The molecule has 0 fully saturated rings. The zero-order valence-corrected chi connectivity index (χ0v) is 13.9. The summed E-state index contributed by atoms with van der Waals surface area (Å²) in [6, 6.07) is 5.69. The second kappa shape index (κ2) is 10.9. The first-order valence-electron chi connectivity index (χ1n) is 8.17. The molecule has 0 amide bonds. The Bertz CT molecular complexity index is 508. The molecule has 2 nitrogen and oxygen atoms in total. The van der Waals surface area contributed by atoms with Crippen molar-refractivity contribution in [1.29, 1.82) is 0 Å². The van der Waals surface area contributed by atoms with Crippen molar-refractivity contribution < 1.29 is 9.84 Å². The molecule has 2 heteroatoms. The number of benzene rings is 1. The summed E-state index contributed by atoms with van der Waals surface area (Å²) in [5, 5.41) is 10.3. The van der Waals surface area contributed by atoms with Crippen LogP contribution in [0.5, 0.6) is 5.75 Å². The van der Waals surface area contributed by atoms with Crippen LogP contribution in [0.1, 0.15) is 62.7 Å². The summed E-state index contributed by atoms with van der Waals surface area (Å²) in [7, 11) is 1.64. The minimum atomic E-state index is -0.763. The van der Waals surface area contributed by atoms with Gasteiger partial charge in [-0.2, -0.15) is 0 Å². The van der Waals surface area contributed by atoms with Gasteiger partial charge in [0.2, 0.25) is 0 Å². The van der Waals surface area contributed by atoms with E-state index < -0.39 is 6.10 Å². The van der Waals surface area contributed by atoms with Gasteiger partial charge >= 0.3 is 0 Å². The van der Waals surface area contributed by atoms with E-state index in [9.17, 15) is 5.11 Å². The molecule has 22 heavy (non-hydrogen) atoms. The fraction of sp³-hybridized carbons (Fsp3) is 0.500. The highest BCUT2D eigenvalue weighted by atomic mass is 16.5. The molecule has 0 aromatic heterocycles. The minimum absolute atomic E-state index is 0.662. The van der Waals surface area contributed by atoms with Gasteiger partial charge in [-0.1, -0.05) is 56.7 Å². The van der Waals surface area contributed by atoms with Gasteiger partial charge in [-0.05, 0) is 24.5 Å². The van der Waals surface area contributed by atoms with Crippen LogP contribution in [-0.4, -0.2) is 12.2 Å². The molecule has 0 aliphatic heterocycles. The summed E-state index contributed by atoms with van der Waals surface area (Å²) >= 11 is 0. The molecule has 0 saturated carbocycles. The summed E-state index contributed by atoms with van der Waals surface area (Å²) in [5.74, 6) is 6.83. The zero-order valence-electron chi connectivity index (χ0n) is 13.9. The second-order valence-corrected chi connectivity index (χ2v) is 5.41. The predicted molar refractivity (Wildman–Crippen MR) is 93.0 cm³/mol. The average Bonchev–Trinajstić information content (AvgIpc) is 2.54. The SMILES string of the molecule is C=CCc1c(OC)cccc1C(O)C#CCCCCCCC. The van der Waals surface area contributed by atoms with Crippen LogP contribution in [0.15, 0.2) is 30.9 Å². The lowest BCUT2D eigenvalue weighted by Crippen LogP contribution is -2.02. The van der Waals surface area contributed by atoms with Crippen LogP contribution in [0.25, 0.3) is 0 Å². The molecule has 1 atom stereocenters. The molecule has 0 aliphatic rings. The zero-order chi connectivity index (χ0) is 16.2. The van der Waals surface area contributed by atoms with E-state index in [1.165, 1.54) is 25.7 Å². The largest absolute Gasteiger partial charge is 0.496 e. The molecule has 0 heterocycles. The van der Waals surface area contributed by atoms with Gasteiger partial charge in [0.25, 0.3) is 0 Å². The van der Waals surface area contributed by atoms with Gasteiger partial charge < -0.3 is 9.84 Å². The third-order valence-corrected chi connectivity index (χ3v) is 3.68. The number of rotatable bonds is 9. The van der Waals surface area contributed by atoms with E-state index in [4.69, 9.17) is 4.74 Å². The topological polar surface area (TPSA) is 29.5 Å². The first-order valence-corrected chi connectivity index (χ1v) is 8.17. The van der Waals surface area contributed by atoms with Gasteiger partial charge in [-0.3, -0.25) is 0 Å². The van der Waals surface area contributed by atoms with Crippen LogP contribution in [-0.2, 0) is 6.42 Å². The maximum Gasteiger partial charge on any atom is 0.140 e. The summed E-state index contributed by atoms with van der Waals surface area (Å²) < 4.78 is 5.36. The highest BCUT2D eigenvalue weighted by Gasteiger charge is 2.13. The van der Waals surface area contributed by atoms with E-state index in [1.807, 2.05) is 24.3 Å². The smallest absolute Gasteiger partial charge is 0.140 e. The molecule has 0 saturated heterocycles. The molecule has 1 aromatic rings. The Morgan fingerprint density at radius 2 is 2.05 bits per heavy atom. The summed E-state index contributed by atoms with van der Waals surface area (Å²) in [6.45, 7) is 5.98. The molecule has 1 unspecified atom stereocenters. The first-order chi connectivity index (χ1) is 10.7. The number of hydrogen-bond acceptors (Lipinski definition) is 2. The van der Waals surface area contributed by atoms with E-state index in [-0.39, 0.29) is 0 Å². The molecule has 0 bridgehead atoms. The minimum Gasteiger partial charge on any atom is -0.496 e. The average molecular weight is 300 g/mol. The maximum absolute atomic E-state index is 10.3. The van der Waals surface area contributed by atoms with Crippen molar-refractivity contribution in [2.45, 2.75) is 58.0 Å². The van der Waals surface area contributed by atoms with Gasteiger partial charge in [0.15, 0.2) is 0 Å². The predicted octanol–water partition coefficient (Wildman–Crippen LogP) is 4.82. The summed E-state index contributed by atoms with van der Waals surface area (Å²) in [4.78, 5) is 0. The van der Waals surface area contributed by atoms with Gasteiger partial charge in [0.05, 0.1) is 7.11 Å². The first kappa shape index (κ1) is 18.3. The van der Waals surface area contributed by atoms with Crippen LogP contribution in [0, 0.1) is 11.8 Å². The van der Waals surface area contributed by atoms with Crippen LogP contribution in [0.2, 0.25) is 0 Å². The van der Waals surface area contributed by atoms with Gasteiger partial charge in [0.1, 0.15) is 11.9 Å². The van der Waals surface area contributed by atoms with Crippen molar-refractivity contribution >= 4 is 0 Å². The molecule has 120 valence electrons. The van der Waals surface area contributed by atoms with Crippen LogP contribution >= 0.6 is 0 Å². The Kier molecular flexibility index (Phi) is 9.11. The van der Waals surface area contributed by atoms with E-state index in [2.05, 4.69) is 25.3 Å². The number of aliphatic hydroxyl groups excluding tert-OH is 1. The third-order valence-electron chi connectivity index (χ3n) is 3.68. The Balaban J connectivity index is 2.65. The van der Waals surface area contributed by atoms with Crippen molar-refractivity contribution in [2.75, 3.05) is 7.11 Å². The van der Waals surface area contributed by atoms with Crippen molar-refractivity contribution in [2.24, 2.45) is 0 Å². The fourth-order valence-corrected chi connectivity index (χ4v) is 2.46. The summed E-state index contributed by atoms with van der Waals surface area (Å²) in [5.41, 5.74) is 1.78. The van der Waals surface area contributed by atoms with Crippen molar-refractivity contribution in [3.63, 3.8) is 0 Å². The van der Waals surface area contributed by atoms with Crippen LogP contribution < -0.4 is 4.74 Å². The number of ether oxygens (including phenoxy) is 1. The number of methoxy groups -OCH3 is 1. The molecular weight excluding hydrogens is 272 g/mol.